The molecule has 1 rings (SSSR count). The van der Waals surface area contributed by atoms with Gasteiger partial charge in [-0.2, -0.15) is 0 Å². The number of pyridine rings is 1. The summed E-state index contributed by atoms with van der Waals surface area (Å²) in [6.07, 6.45) is 2.82. The highest BCUT2D eigenvalue weighted by molar-refractivity contribution is 5.93. The molecule has 0 aliphatic carbocycles. The van der Waals surface area contributed by atoms with E-state index in [0.717, 1.165) is 0 Å². The maximum atomic E-state index is 11.6. The van der Waals surface area contributed by atoms with E-state index in [-0.39, 0.29) is 22.9 Å². The van der Waals surface area contributed by atoms with Gasteiger partial charge in [0.2, 0.25) is 0 Å². The third-order valence-corrected chi connectivity index (χ3v) is 1.91. The lowest BCUT2D eigenvalue weighted by molar-refractivity contribution is 0.0455. The Morgan fingerprint density at radius 3 is 2.94 bits per heavy atom. The summed E-state index contributed by atoms with van der Waals surface area (Å²) in [5, 5.41) is 9.69. The number of hydrogen-bond donors (Lipinski definition) is 1. The number of ether oxygens (including phenoxy) is 1. The van der Waals surface area contributed by atoms with Crippen molar-refractivity contribution in [1.82, 2.24) is 4.98 Å². The number of esters is 1. The molecule has 1 aromatic heterocycles. The number of carbonyl (C=O) groups is 1. The van der Waals surface area contributed by atoms with Crippen molar-refractivity contribution in [2.24, 2.45) is 5.92 Å². The quantitative estimate of drug-likeness (QED) is 0.792. The molecule has 0 atom stereocenters. The normalized spacial score (nSPS) is 10.2. The monoisotopic (exact) mass is 221 g/mol. The first kappa shape index (κ1) is 12.2. The largest absolute Gasteiger partial charge is 0.505 e. The highest BCUT2D eigenvalue weighted by atomic mass is 16.5. The highest BCUT2D eigenvalue weighted by Gasteiger charge is 2.15. The zero-order valence-corrected chi connectivity index (χ0v) is 9.43. The van der Waals surface area contributed by atoms with E-state index in [1.165, 1.54) is 18.3 Å². The van der Waals surface area contributed by atoms with Gasteiger partial charge in [-0.15, -0.1) is 0 Å². The van der Waals surface area contributed by atoms with Gasteiger partial charge in [-0.05, 0) is 18.1 Å². The van der Waals surface area contributed by atoms with E-state index in [9.17, 15) is 9.90 Å². The molecular formula is C12H15NO3. The Morgan fingerprint density at radius 2 is 2.38 bits per heavy atom. The van der Waals surface area contributed by atoms with Gasteiger partial charge in [0.25, 0.3) is 0 Å². The molecule has 0 aliphatic heterocycles. The van der Waals surface area contributed by atoms with Crippen LogP contribution < -0.4 is 0 Å². The van der Waals surface area contributed by atoms with Crippen molar-refractivity contribution in [2.45, 2.75) is 13.8 Å². The predicted octanol–water partition coefficient (Wildman–Crippen LogP) is 2.24. The molecule has 1 aromatic rings. The fourth-order valence-electron chi connectivity index (χ4n) is 1.10. The molecule has 0 saturated carbocycles. The summed E-state index contributed by atoms with van der Waals surface area (Å²) in [5.74, 6) is -0.477. The number of nitrogens with zero attached hydrogens (tertiary/aromatic N) is 1. The van der Waals surface area contributed by atoms with Crippen LogP contribution in [0.2, 0.25) is 0 Å². The molecule has 0 aliphatic rings. The number of aromatic nitrogens is 1. The van der Waals surface area contributed by atoms with Crippen LogP contribution in [0.5, 0.6) is 5.75 Å². The average Bonchev–Trinajstić information content (AvgIpc) is 2.26. The number of aromatic hydroxyl groups is 1. The Morgan fingerprint density at radius 1 is 1.69 bits per heavy atom. The summed E-state index contributed by atoms with van der Waals surface area (Å²) in [6, 6.07) is 1.42. The molecule has 4 heteroatoms. The van der Waals surface area contributed by atoms with Gasteiger partial charge < -0.3 is 9.84 Å². The number of carbonyl (C=O) groups excluding carboxylic acids is 1. The summed E-state index contributed by atoms with van der Waals surface area (Å²) in [5.41, 5.74) is 0.393. The van der Waals surface area contributed by atoms with Gasteiger partial charge in [0.1, 0.15) is 11.3 Å². The van der Waals surface area contributed by atoms with E-state index < -0.39 is 5.97 Å². The second kappa shape index (κ2) is 5.30. The second-order valence-electron chi connectivity index (χ2n) is 3.79. The van der Waals surface area contributed by atoms with Crippen molar-refractivity contribution < 1.29 is 14.6 Å². The Bertz CT molecular complexity index is 399. The van der Waals surface area contributed by atoms with Gasteiger partial charge >= 0.3 is 5.97 Å². The molecule has 0 fully saturated rings. The summed E-state index contributed by atoms with van der Waals surface area (Å²) in [4.78, 5) is 15.5. The Hall–Kier alpha value is -1.84. The lowest BCUT2D eigenvalue weighted by Crippen LogP contribution is -2.10. The number of rotatable bonds is 4. The Balaban J connectivity index is 2.87. The van der Waals surface area contributed by atoms with Gasteiger partial charge in [0, 0.05) is 6.20 Å². The van der Waals surface area contributed by atoms with Crippen LogP contribution in [0.4, 0.5) is 0 Å². The first-order valence-corrected chi connectivity index (χ1v) is 5.03. The van der Waals surface area contributed by atoms with E-state index in [0.29, 0.717) is 6.61 Å². The summed E-state index contributed by atoms with van der Waals surface area (Å²) in [7, 11) is 0. The molecule has 0 unspecified atom stereocenters. The molecule has 0 bridgehead atoms. The van der Waals surface area contributed by atoms with E-state index in [1.807, 2.05) is 13.8 Å². The van der Waals surface area contributed by atoms with Crippen LogP contribution in [0.25, 0.3) is 6.08 Å². The van der Waals surface area contributed by atoms with Crippen LogP contribution >= 0.6 is 0 Å². The summed E-state index contributed by atoms with van der Waals surface area (Å²) < 4.78 is 5.01. The Labute approximate surface area is 94.6 Å². The third-order valence-electron chi connectivity index (χ3n) is 1.91. The van der Waals surface area contributed by atoms with Crippen LogP contribution in [0.3, 0.4) is 0 Å². The van der Waals surface area contributed by atoms with Crippen LogP contribution in [-0.2, 0) is 4.74 Å². The Kier molecular flexibility index (Phi) is 4.05. The molecule has 86 valence electrons. The molecule has 4 nitrogen and oxygen atoms in total. The van der Waals surface area contributed by atoms with Gasteiger partial charge in [0.05, 0.1) is 6.61 Å². The standard InChI is InChI=1S/C12H15NO3/c1-4-10-11(14)9(5-6-13-10)12(15)16-7-8(2)3/h4-6,8,14H,1,7H2,2-3H3. The fraction of sp³-hybridized carbons (Fsp3) is 0.333. The van der Waals surface area contributed by atoms with Crippen molar-refractivity contribution >= 4 is 12.0 Å². The van der Waals surface area contributed by atoms with E-state index in [1.54, 1.807) is 0 Å². The lowest BCUT2D eigenvalue weighted by Gasteiger charge is -2.08. The minimum atomic E-state index is -0.545. The molecule has 16 heavy (non-hydrogen) atoms. The highest BCUT2D eigenvalue weighted by Crippen LogP contribution is 2.21. The fourth-order valence-corrected chi connectivity index (χ4v) is 1.10. The smallest absolute Gasteiger partial charge is 0.342 e. The summed E-state index contributed by atoms with van der Waals surface area (Å²) >= 11 is 0. The van der Waals surface area contributed by atoms with E-state index in [2.05, 4.69) is 11.6 Å². The SMILES string of the molecule is C=Cc1nccc(C(=O)OCC(C)C)c1O. The van der Waals surface area contributed by atoms with Crippen LogP contribution in [0.1, 0.15) is 29.9 Å². The minimum absolute atomic E-state index is 0.116. The van der Waals surface area contributed by atoms with Crippen molar-refractivity contribution in [3.05, 3.63) is 30.1 Å². The van der Waals surface area contributed by atoms with Gasteiger partial charge in [-0.1, -0.05) is 20.4 Å². The third kappa shape index (κ3) is 2.82. The number of hydrogen-bond acceptors (Lipinski definition) is 4. The van der Waals surface area contributed by atoms with Crippen molar-refractivity contribution in [2.75, 3.05) is 6.61 Å². The second-order valence-corrected chi connectivity index (χ2v) is 3.79. The topological polar surface area (TPSA) is 59.4 Å². The predicted molar refractivity (Wildman–Crippen MR) is 61.1 cm³/mol. The molecule has 0 spiro atoms. The van der Waals surface area contributed by atoms with E-state index >= 15 is 0 Å². The van der Waals surface area contributed by atoms with Crippen molar-refractivity contribution in [3.63, 3.8) is 0 Å². The molecule has 1 N–H and O–H groups in total. The summed E-state index contributed by atoms with van der Waals surface area (Å²) in [6.45, 7) is 7.69. The maximum Gasteiger partial charge on any atom is 0.342 e. The minimum Gasteiger partial charge on any atom is -0.505 e. The van der Waals surface area contributed by atoms with Gasteiger partial charge in [-0.3, -0.25) is 4.98 Å². The zero-order valence-electron chi connectivity index (χ0n) is 9.43. The van der Waals surface area contributed by atoms with Crippen LogP contribution in [-0.4, -0.2) is 22.7 Å². The molecule has 0 amide bonds. The van der Waals surface area contributed by atoms with Crippen molar-refractivity contribution in [1.29, 1.82) is 0 Å². The average molecular weight is 221 g/mol. The van der Waals surface area contributed by atoms with Crippen LogP contribution in [0.15, 0.2) is 18.8 Å². The van der Waals surface area contributed by atoms with Gasteiger partial charge in [-0.25, -0.2) is 4.79 Å². The molecule has 0 aromatic carbocycles. The molecule has 0 radical (unpaired) electrons. The van der Waals surface area contributed by atoms with Crippen molar-refractivity contribution in [3.8, 4) is 5.75 Å². The molecular weight excluding hydrogens is 206 g/mol. The first-order valence-electron chi connectivity index (χ1n) is 5.03. The molecule has 0 saturated heterocycles. The molecule has 1 heterocycles. The lowest BCUT2D eigenvalue weighted by atomic mass is 10.2. The maximum absolute atomic E-state index is 11.6. The van der Waals surface area contributed by atoms with Crippen LogP contribution in [0, 0.1) is 5.92 Å². The first-order chi connectivity index (χ1) is 7.56. The zero-order chi connectivity index (χ0) is 12.1. The van der Waals surface area contributed by atoms with E-state index in [4.69, 9.17) is 4.74 Å². The van der Waals surface area contributed by atoms with Gasteiger partial charge in [0.15, 0.2) is 5.75 Å².